The number of hydrogen-bond donors (Lipinski definition) is 3. The van der Waals surface area contributed by atoms with Gasteiger partial charge in [-0.2, -0.15) is 0 Å². The minimum Gasteiger partial charge on any atom is -0.505 e. The lowest BCUT2D eigenvalue weighted by atomic mass is 9.93. The Hall–Kier alpha value is -3.10. The molecule has 2 aromatic carbocycles. The van der Waals surface area contributed by atoms with Crippen LogP contribution in [0.2, 0.25) is 10.0 Å². The van der Waals surface area contributed by atoms with Crippen molar-refractivity contribution in [3.63, 3.8) is 0 Å². The monoisotopic (exact) mass is 508 g/mol. The molecule has 0 fully saturated rings. The molecule has 0 saturated heterocycles. The molecular weight excluding hydrogens is 486 g/mol. The largest absolute Gasteiger partial charge is 0.505 e. The topological polar surface area (TPSA) is 109 Å². The molecule has 3 N–H and O–H groups in total. The summed E-state index contributed by atoms with van der Waals surface area (Å²) in [7, 11) is 0. The van der Waals surface area contributed by atoms with Crippen molar-refractivity contribution in [2.24, 2.45) is 0 Å². The molecule has 0 aliphatic carbocycles. The number of carbonyl (C=O) groups excluding carboxylic acids is 2. The van der Waals surface area contributed by atoms with Gasteiger partial charge in [-0.15, -0.1) is 0 Å². The number of aromatic nitrogens is 1. The maximum atomic E-state index is 14.3. The minimum atomic E-state index is -1.50. The number of phenols is 1. The molecule has 3 aromatic rings. The van der Waals surface area contributed by atoms with Gasteiger partial charge in [0, 0.05) is 22.7 Å². The van der Waals surface area contributed by atoms with Crippen molar-refractivity contribution in [1.82, 2.24) is 9.88 Å². The normalized spacial score (nSPS) is 14.0. The molecule has 0 aliphatic heterocycles. The van der Waals surface area contributed by atoms with Gasteiger partial charge in [0.25, 0.3) is 5.91 Å². The molecule has 0 spiro atoms. The summed E-state index contributed by atoms with van der Waals surface area (Å²) in [5, 5.41) is 22.8. The van der Waals surface area contributed by atoms with Gasteiger partial charge in [0.05, 0.1) is 21.5 Å². The molecule has 0 radical (unpaired) electrons. The van der Waals surface area contributed by atoms with Crippen molar-refractivity contribution in [3.05, 3.63) is 63.0 Å². The Morgan fingerprint density at radius 1 is 1.18 bits per heavy atom. The van der Waals surface area contributed by atoms with Crippen molar-refractivity contribution in [3.8, 4) is 5.75 Å². The van der Waals surface area contributed by atoms with Crippen molar-refractivity contribution < 1.29 is 29.0 Å². The first-order chi connectivity index (χ1) is 15.8. The van der Waals surface area contributed by atoms with E-state index in [1.54, 1.807) is 20.8 Å². The number of carboxylic acids is 1. The maximum Gasteiger partial charge on any atom is 0.329 e. The van der Waals surface area contributed by atoms with Crippen molar-refractivity contribution in [2.45, 2.75) is 45.6 Å². The van der Waals surface area contributed by atoms with E-state index in [0.29, 0.717) is 11.3 Å². The Morgan fingerprint density at radius 2 is 1.82 bits per heavy atom. The zero-order valence-corrected chi connectivity index (χ0v) is 20.4. The predicted octanol–water partition coefficient (Wildman–Crippen LogP) is 5.26. The van der Waals surface area contributed by atoms with Crippen molar-refractivity contribution in [1.29, 1.82) is 0 Å². The number of nitrogens with zero attached hydrogens (tertiary/aromatic N) is 1. The van der Waals surface area contributed by atoms with Crippen LogP contribution in [0, 0.1) is 12.7 Å². The number of aliphatic carboxylic acids is 1. The van der Waals surface area contributed by atoms with Gasteiger partial charge in [0.1, 0.15) is 5.54 Å². The second-order valence-corrected chi connectivity index (χ2v) is 9.11. The Morgan fingerprint density at radius 3 is 2.38 bits per heavy atom. The molecule has 10 heteroatoms. The second-order valence-electron chi connectivity index (χ2n) is 8.29. The van der Waals surface area contributed by atoms with Crippen LogP contribution in [-0.2, 0) is 9.59 Å². The number of hydrogen-bond acceptors (Lipinski definition) is 4. The number of phenolic OH excluding ortho intramolecular Hbond substituents is 1. The second kappa shape index (κ2) is 9.27. The first-order valence-electron chi connectivity index (χ1n) is 10.4. The Labute approximate surface area is 205 Å². The van der Waals surface area contributed by atoms with Crippen LogP contribution < -0.4 is 5.32 Å². The maximum absolute atomic E-state index is 14.3. The molecule has 1 unspecified atom stereocenters. The third kappa shape index (κ3) is 4.35. The lowest BCUT2D eigenvalue weighted by Crippen LogP contribution is -2.52. The lowest BCUT2D eigenvalue weighted by Gasteiger charge is -2.26. The summed E-state index contributed by atoms with van der Waals surface area (Å²) in [5.74, 6) is -4.86. The number of nitrogens with one attached hydrogen (secondary N) is 1. The van der Waals surface area contributed by atoms with Crippen LogP contribution in [0.25, 0.3) is 10.9 Å². The van der Waals surface area contributed by atoms with Gasteiger partial charge in [-0.25, -0.2) is 9.18 Å². The quantitative estimate of drug-likeness (QED) is 0.420. The van der Waals surface area contributed by atoms with E-state index in [2.05, 4.69) is 5.32 Å². The first kappa shape index (κ1) is 25.5. The van der Waals surface area contributed by atoms with E-state index in [1.165, 1.54) is 29.7 Å². The standard InChI is InChI=1S/C24H23Cl2FN2O5/c1-5-24(4,23(33)34)28-21(31)11(2)20-12(3)29(18-10-17(27)19(30)9-14(18)20)22(32)13-6-7-15(25)16(26)8-13/h6-11,30H,5H2,1-4H3,(H,28,31)(H,33,34)/t11-,24?/m1/s1. The predicted molar refractivity (Wildman–Crippen MR) is 127 cm³/mol. The van der Waals surface area contributed by atoms with Crippen LogP contribution in [0.1, 0.15) is 54.7 Å². The number of carbonyl (C=O) groups is 3. The Balaban J connectivity index is 2.20. The number of rotatable bonds is 6. The van der Waals surface area contributed by atoms with Crippen molar-refractivity contribution >= 4 is 51.9 Å². The minimum absolute atomic E-state index is 0.134. The number of fused-ring (bicyclic) bond motifs is 1. The highest BCUT2D eigenvalue weighted by molar-refractivity contribution is 6.42. The van der Waals surface area contributed by atoms with Gasteiger partial charge in [0.2, 0.25) is 5.91 Å². The van der Waals surface area contributed by atoms with Crippen molar-refractivity contribution in [2.75, 3.05) is 0 Å². The van der Waals surface area contributed by atoms with E-state index in [4.69, 9.17) is 23.2 Å². The fourth-order valence-electron chi connectivity index (χ4n) is 3.82. The number of amides is 1. The number of halogens is 3. The fourth-order valence-corrected chi connectivity index (χ4v) is 4.12. The average molecular weight is 509 g/mol. The van der Waals surface area contributed by atoms with E-state index in [1.807, 2.05) is 0 Å². The zero-order valence-electron chi connectivity index (χ0n) is 18.9. The van der Waals surface area contributed by atoms with Crippen LogP contribution in [0.5, 0.6) is 5.75 Å². The van der Waals surface area contributed by atoms with E-state index in [0.717, 1.165) is 12.1 Å². The summed E-state index contributed by atoms with van der Waals surface area (Å²) in [6.45, 7) is 6.15. The smallest absolute Gasteiger partial charge is 0.329 e. The molecule has 0 aliphatic rings. The summed E-state index contributed by atoms with van der Waals surface area (Å²) >= 11 is 12.0. The molecule has 3 rings (SSSR count). The van der Waals surface area contributed by atoms with Gasteiger partial charge in [-0.1, -0.05) is 30.1 Å². The van der Waals surface area contributed by atoms with E-state index >= 15 is 0 Å². The number of benzene rings is 2. The molecule has 1 aromatic heterocycles. The zero-order chi connectivity index (χ0) is 25.5. The highest BCUT2D eigenvalue weighted by Crippen LogP contribution is 2.36. The van der Waals surface area contributed by atoms with Gasteiger partial charge in [-0.05, 0) is 57.0 Å². The SMILES string of the molecule is CCC(C)(NC(=O)[C@H](C)c1c(C)n(C(=O)c2ccc(Cl)c(Cl)c2)c2cc(F)c(O)cc12)C(=O)O. The van der Waals surface area contributed by atoms with Crippen LogP contribution >= 0.6 is 23.2 Å². The van der Waals surface area contributed by atoms with Gasteiger partial charge >= 0.3 is 5.97 Å². The Kier molecular flexibility index (Phi) is 6.96. The molecule has 0 bridgehead atoms. The lowest BCUT2D eigenvalue weighted by molar-refractivity contribution is -0.147. The van der Waals surface area contributed by atoms with Crippen LogP contribution in [0.15, 0.2) is 30.3 Å². The third-order valence-electron chi connectivity index (χ3n) is 6.10. The van der Waals surface area contributed by atoms with E-state index in [-0.39, 0.29) is 32.9 Å². The average Bonchev–Trinajstić information content (AvgIpc) is 3.05. The number of carboxylic acid groups (broad SMARTS) is 1. The van der Waals surface area contributed by atoms with Crippen LogP contribution in [-0.4, -0.2) is 38.1 Å². The summed E-state index contributed by atoms with van der Waals surface area (Å²) in [5.41, 5.74) is -0.514. The van der Waals surface area contributed by atoms with Gasteiger partial charge in [0.15, 0.2) is 11.6 Å². The van der Waals surface area contributed by atoms with E-state index in [9.17, 15) is 29.0 Å². The summed E-state index contributed by atoms with van der Waals surface area (Å²) in [4.78, 5) is 38.1. The molecule has 7 nitrogen and oxygen atoms in total. The molecule has 180 valence electrons. The highest BCUT2D eigenvalue weighted by atomic mass is 35.5. The fraction of sp³-hybridized carbons (Fsp3) is 0.292. The Bertz CT molecular complexity index is 1340. The molecule has 1 amide bonds. The van der Waals surface area contributed by atoms with E-state index < -0.39 is 40.8 Å². The van der Waals surface area contributed by atoms with Gasteiger partial charge in [-0.3, -0.25) is 14.2 Å². The summed E-state index contributed by atoms with van der Waals surface area (Å²) in [6, 6.07) is 6.46. The highest BCUT2D eigenvalue weighted by Gasteiger charge is 2.36. The first-order valence-corrected chi connectivity index (χ1v) is 11.2. The third-order valence-corrected chi connectivity index (χ3v) is 6.83. The summed E-state index contributed by atoms with van der Waals surface area (Å²) in [6.07, 6.45) is 0.142. The molecule has 0 saturated carbocycles. The van der Waals surface area contributed by atoms with Crippen LogP contribution in [0.3, 0.4) is 0 Å². The van der Waals surface area contributed by atoms with Crippen LogP contribution in [0.4, 0.5) is 4.39 Å². The number of aromatic hydroxyl groups is 1. The molecule has 1 heterocycles. The molecule has 2 atom stereocenters. The molecular formula is C24H23Cl2FN2O5. The summed E-state index contributed by atoms with van der Waals surface area (Å²) < 4.78 is 15.5. The van der Waals surface area contributed by atoms with Gasteiger partial charge < -0.3 is 15.5 Å². The molecule has 34 heavy (non-hydrogen) atoms.